The van der Waals surface area contributed by atoms with Gasteiger partial charge in [0, 0.05) is 0 Å². The lowest BCUT2D eigenvalue weighted by atomic mass is 9.92. The molecule has 1 atom stereocenters. The molecule has 0 aromatic heterocycles. The topological polar surface area (TPSA) is 108 Å². The summed E-state index contributed by atoms with van der Waals surface area (Å²) in [6, 6.07) is 0. The highest BCUT2D eigenvalue weighted by Crippen LogP contribution is 2.22. The molecule has 8 nitrogen and oxygen atoms in total. The van der Waals surface area contributed by atoms with Crippen molar-refractivity contribution in [2.24, 2.45) is 5.92 Å². The Hall–Kier alpha value is -2.38. The maximum Gasteiger partial charge on any atom is 0.343 e. The summed E-state index contributed by atoms with van der Waals surface area (Å²) in [4.78, 5) is 48.2. The predicted molar refractivity (Wildman–Crippen MR) is 73.4 cm³/mol. The van der Waals surface area contributed by atoms with Crippen LogP contribution in [0.3, 0.4) is 0 Å². The third kappa shape index (κ3) is 3.44. The molecule has 0 spiro atoms. The molecule has 0 bridgehead atoms. The van der Waals surface area contributed by atoms with Crippen molar-refractivity contribution < 1.29 is 33.4 Å². The average molecular weight is 313 g/mol. The van der Waals surface area contributed by atoms with Crippen molar-refractivity contribution in [3.63, 3.8) is 0 Å². The van der Waals surface area contributed by atoms with Crippen molar-refractivity contribution >= 4 is 23.8 Å². The zero-order valence-corrected chi connectivity index (χ0v) is 12.7. The fourth-order valence-electron chi connectivity index (χ4n) is 2.20. The van der Waals surface area contributed by atoms with Gasteiger partial charge in [-0.25, -0.2) is 9.59 Å². The zero-order valence-electron chi connectivity index (χ0n) is 12.7. The normalized spacial score (nSPS) is 22.1. The van der Waals surface area contributed by atoms with Gasteiger partial charge in [-0.15, -0.1) is 0 Å². The van der Waals surface area contributed by atoms with E-state index in [1.807, 2.05) is 0 Å². The Morgan fingerprint density at radius 1 is 1.09 bits per heavy atom. The van der Waals surface area contributed by atoms with Crippen LogP contribution >= 0.6 is 0 Å². The molecule has 122 valence electrons. The van der Waals surface area contributed by atoms with Crippen molar-refractivity contribution in [2.45, 2.75) is 24.8 Å². The summed E-state index contributed by atoms with van der Waals surface area (Å²) in [6.07, 6.45) is 3.69. The first-order valence-electron chi connectivity index (χ1n) is 6.64. The Morgan fingerprint density at radius 3 is 2.18 bits per heavy atom. The Balaban J connectivity index is 3.25. The van der Waals surface area contributed by atoms with Gasteiger partial charge >= 0.3 is 17.9 Å². The molecule has 0 saturated heterocycles. The summed E-state index contributed by atoms with van der Waals surface area (Å²) >= 11 is 0. The first-order valence-corrected chi connectivity index (χ1v) is 6.64. The first kappa shape index (κ1) is 17.7. The smallest absolute Gasteiger partial charge is 0.343 e. The summed E-state index contributed by atoms with van der Waals surface area (Å²) in [5.41, 5.74) is -1.98. The number of hydrogen-bond donors (Lipinski definition) is 1. The summed E-state index contributed by atoms with van der Waals surface area (Å²) < 4.78 is 13.8. The standard InChI is InChI=1S/C14H19NO7/c1-20-11(17)9-7-5-4-6-8-14(12(18)21-2,13(19)22-3)15-10(9)16/h4-5,9H,6-8H2,1-3H3,(H,15,16)/b5-4+. The molecule has 0 saturated carbocycles. The Bertz CT molecular complexity index is 481. The zero-order chi connectivity index (χ0) is 16.8. The highest BCUT2D eigenvalue weighted by Gasteiger charge is 2.50. The lowest BCUT2D eigenvalue weighted by molar-refractivity contribution is -0.167. The lowest BCUT2D eigenvalue weighted by Crippen LogP contribution is -2.62. The molecule has 22 heavy (non-hydrogen) atoms. The fourth-order valence-corrected chi connectivity index (χ4v) is 2.20. The molecular weight excluding hydrogens is 294 g/mol. The van der Waals surface area contributed by atoms with Gasteiger partial charge in [-0.1, -0.05) is 12.2 Å². The molecule has 1 heterocycles. The van der Waals surface area contributed by atoms with E-state index in [0.29, 0.717) is 6.42 Å². The molecule has 0 aromatic rings. The van der Waals surface area contributed by atoms with Crippen LogP contribution in [0, 0.1) is 5.92 Å². The highest BCUT2D eigenvalue weighted by atomic mass is 16.5. The van der Waals surface area contributed by atoms with Crippen LogP contribution in [0.1, 0.15) is 19.3 Å². The quantitative estimate of drug-likeness (QED) is 0.330. The minimum atomic E-state index is -1.98. The second-order valence-corrected chi connectivity index (χ2v) is 4.70. The monoisotopic (exact) mass is 313 g/mol. The molecule has 0 aliphatic carbocycles. The summed E-state index contributed by atoms with van der Waals surface area (Å²) in [5.74, 6) is -4.62. The number of ether oxygens (including phenoxy) is 3. The van der Waals surface area contributed by atoms with Crippen LogP contribution in [-0.4, -0.2) is 50.7 Å². The van der Waals surface area contributed by atoms with Crippen molar-refractivity contribution in [3.8, 4) is 0 Å². The number of amides is 1. The van der Waals surface area contributed by atoms with Crippen LogP contribution in [0.4, 0.5) is 0 Å². The third-order valence-electron chi connectivity index (χ3n) is 3.43. The SMILES string of the molecule is COC(=O)C1C/C=C/CCC(C(=O)OC)(C(=O)OC)NC1=O. The van der Waals surface area contributed by atoms with Gasteiger partial charge < -0.3 is 19.5 Å². The van der Waals surface area contributed by atoms with Gasteiger partial charge in [-0.2, -0.15) is 0 Å². The van der Waals surface area contributed by atoms with Crippen LogP contribution in [0.15, 0.2) is 12.2 Å². The lowest BCUT2D eigenvalue weighted by Gasteiger charge is -2.29. The van der Waals surface area contributed by atoms with E-state index in [2.05, 4.69) is 19.5 Å². The van der Waals surface area contributed by atoms with Gasteiger partial charge in [0.2, 0.25) is 11.4 Å². The first-order chi connectivity index (χ1) is 10.4. The van der Waals surface area contributed by atoms with Gasteiger partial charge in [-0.05, 0) is 19.3 Å². The van der Waals surface area contributed by atoms with Crippen LogP contribution in [-0.2, 0) is 33.4 Å². The molecule has 1 amide bonds. The summed E-state index contributed by atoms with van der Waals surface area (Å²) in [7, 11) is 3.35. The van der Waals surface area contributed by atoms with E-state index in [4.69, 9.17) is 0 Å². The summed E-state index contributed by atoms with van der Waals surface area (Å²) in [5, 5.41) is 2.31. The number of rotatable bonds is 3. The molecule has 0 aromatic carbocycles. The van der Waals surface area contributed by atoms with E-state index in [0.717, 1.165) is 21.3 Å². The minimum Gasteiger partial charge on any atom is -0.468 e. The van der Waals surface area contributed by atoms with Crippen LogP contribution in [0.25, 0.3) is 0 Å². The van der Waals surface area contributed by atoms with Crippen molar-refractivity contribution in [2.75, 3.05) is 21.3 Å². The minimum absolute atomic E-state index is 0.0392. The molecule has 1 aliphatic heterocycles. The largest absolute Gasteiger partial charge is 0.468 e. The van der Waals surface area contributed by atoms with E-state index < -0.39 is 35.3 Å². The predicted octanol–water partition coefficient (Wildman–Crippen LogP) is -0.283. The van der Waals surface area contributed by atoms with E-state index in [1.165, 1.54) is 0 Å². The number of carbonyl (C=O) groups excluding carboxylic acids is 4. The van der Waals surface area contributed by atoms with Gasteiger partial charge in [0.05, 0.1) is 21.3 Å². The Kier molecular flexibility index (Phi) is 6.09. The highest BCUT2D eigenvalue weighted by molar-refractivity contribution is 6.10. The van der Waals surface area contributed by atoms with Gasteiger partial charge in [-0.3, -0.25) is 9.59 Å². The number of hydrogen-bond acceptors (Lipinski definition) is 7. The van der Waals surface area contributed by atoms with Gasteiger partial charge in [0.25, 0.3) is 0 Å². The summed E-state index contributed by atoms with van der Waals surface area (Å²) in [6.45, 7) is 0. The van der Waals surface area contributed by atoms with Gasteiger partial charge in [0.15, 0.2) is 0 Å². The Labute approximate surface area is 127 Å². The van der Waals surface area contributed by atoms with Crippen molar-refractivity contribution in [3.05, 3.63) is 12.2 Å². The molecule has 1 unspecified atom stereocenters. The third-order valence-corrected chi connectivity index (χ3v) is 3.43. The molecule has 1 N–H and O–H groups in total. The Morgan fingerprint density at radius 2 is 1.68 bits per heavy atom. The molecule has 0 radical (unpaired) electrons. The molecule has 1 rings (SSSR count). The fraction of sp³-hybridized carbons (Fsp3) is 0.571. The van der Waals surface area contributed by atoms with Gasteiger partial charge in [0.1, 0.15) is 5.92 Å². The molecular formula is C14H19NO7. The van der Waals surface area contributed by atoms with Crippen LogP contribution < -0.4 is 5.32 Å². The number of nitrogens with one attached hydrogen (secondary N) is 1. The molecule has 1 aliphatic rings. The van der Waals surface area contributed by atoms with E-state index in [9.17, 15) is 19.2 Å². The molecule has 8 heteroatoms. The average Bonchev–Trinajstić information content (AvgIpc) is 2.61. The number of allylic oxidation sites excluding steroid dienone is 2. The van der Waals surface area contributed by atoms with E-state index in [1.54, 1.807) is 12.2 Å². The van der Waals surface area contributed by atoms with Crippen LogP contribution in [0.5, 0.6) is 0 Å². The van der Waals surface area contributed by atoms with Crippen molar-refractivity contribution in [1.29, 1.82) is 0 Å². The number of methoxy groups -OCH3 is 3. The second kappa shape index (κ2) is 7.58. The number of esters is 3. The van der Waals surface area contributed by atoms with Crippen LogP contribution in [0.2, 0.25) is 0 Å². The van der Waals surface area contributed by atoms with Crippen molar-refractivity contribution in [1.82, 2.24) is 5.32 Å². The van der Waals surface area contributed by atoms with E-state index in [-0.39, 0.29) is 12.8 Å². The molecule has 0 fully saturated rings. The number of carbonyl (C=O) groups is 4. The van der Waals surface area contributed by atoms with E-state index >= 15 is 0 Å². The maximum absolute atomic E-state index is 12.3. The maximum atomic E-state index is 12.3. The second-order valence-electron chi connectivity index (χ2n) is 4.70.